The molecule has 0 bridgehead atoms. The summed E-state index contributed by atoms with van der Waals surface area (Å²) < 4.78 is 49.3. The average molecular weight is 649 g/mol. The molecule has 0 heterocycles. The van der Waals surface area contributed by atoms with Crippen molar-refractivity contribution < 1.29 is 42.6 Å². The molecule has 4 aromatic rings. The fourth-order valence-corrected chi connectivity index (χ4v) is 4.74. The highest BCUT2D eigenvalue weighted by Gasteiger charge is 2.14. The molecule has 9 heteroatoms. The lowest BCUT2D eigenvalue weighted by Crippen LogP contribution is -1.96. The van der Waals surface area contributed by atoms with Gasteiger partial charge in [-0.3, -0.25) is 0 Å². The molecule has 4 rings (SSSR count). The van der Waals surface area contributed by atoms with E-state index >= 15 is 0 Å². The highest BCUT2D eigenvalue weighted by Crippen LogP contribution is 2.40. The SMILES string of the molecule is COc1cc(C#Cc2cc(C#Cc3cc(OC)c(OC)c(OC)c3)cc(C#Cc3cc(OC)c(OC)c(OC)c3)c2)cc(OC)c1OC. The maximum absolute atomic E-state index is 5.49. The summed E-state index contributed by atoms with van der Waals surface area (Å²) in [5, 5.41) is 0. The molecule has 48 heavy (non-hydrogen) atoms. The topological polar surface area (TPSA) is 83.1 Å². The van der Waals surface area contributed by atoms with Crippen LogP contribution in [0.2, 0.25) is 0 Å². The molecular weight excluding hydrogens is 612 g/mol. The van der Waals surface area contributed by atoms with Crippen molar-refractivity contribution in [1.29, 1.82) is 0 Å². The number of rotatable bonds is 9. The van der Waals surface area contributed by atoms with Crippen LogP contribution in [0.3, 0.4) is 0 Å². The van der Waals surface area contributed by atoms with Gasteiger partial charge in [0.25, 0.3) is 0 Å². The first-order chi connectivity index (χ1) is 23.3. The molecule has 4 aromatic carbocycles. The maximum atomic E-state index is 5.49. The predicted octanol–water partition coefficient (Wildman–Crippen LogP) is 5.96. The first kappa shape index (κ1) is 34.6. The van der Waals surface area contributed by atoms with E-state index in [0.717, 1.165) is 0 Å². The molecule has 0 saturated carbocycles. The minimum absolute atomic E-state index is 0.485. The summed E-state index contributed by atoms with van der Waals surface area (Å²) >= 11 is 0. The Balaban J connectivity index is 1.84. The zero-order valence-corrected chi connectivity index (χ0v) is 28.4. The predicted molar refractivity (Wildman–Crippen MR) is 183 cm³/mol. The quantitative estimate of drug-likeness (QED) is 0.204. The van der Waals surface area contributed by atoms with Gasteiger partial charge in [0, 0.05) is 33.4 Å². The second-order valence-electron chi connectivity index (χ2n) is 9.79. The lowest BCUT2D eigenvalue weighted by Gasteiger charge is -2.12. The minimum Gasteiger partial charge on any atom is -0.493 e. The maximum Gasteiger partial charge on any atom is 0.203 e. The Bertz CT molecular complexity index is 1660. The van der Waals surface area contributed by atoms with Crippen LogP contribution in [0.5, 0.6) is 51.7 Å². The van der Waals surface area contributed by atoms with Crippen LogP contribution in [0.4, 0.5) is 0 Å². The summed E-state index contributed by atoms with van der Waals surface area (Å²) in [4.78, 5) is 0. The van der Waals surface area contributed by atoms with Crippen molar-refractivity contribution in [3.8, 4) is 87.3 Å². The van der Waals surface area contributed by atoms with Crippen molar-refractivity contribution >= 4 is 0 Å². The molecule has 246 valence electrons. The lowest BCUT2D eigenvalue weighted by molar-refractivity contribution is 0.324. The van der Waals surface area contributed by atoms with Crippen LogP contribution >= 0.6 is 0 Å². The summed E-state index contributed by atoms with van der Waals surface area (Å²) in [7, 11) is 14.0. The molecular formula is C39H36O9. The third-order valence-electron chi connectivity index (χ3n) is 6.98. The molecule has 0 aromatic heterocycles. The molecule has 0 spiro atoms. The zero-order valence-electron chi connectivity index (χ0n) is 28.4. The van der Waals surface area contributed by atoms with E-state index in [1.54, 1.807) is 100 Å². The van der Waals surface area contributed by atoms with Gasteiger partial charge in [-0.2, -0.15) is 0 Å². The number of methoxy groups -OCH3 is 9. The minimum atomic E-state index is 0.485. The van der Waals surface area contributed by atoms with Gasteiger partial charge in [-0.15, -0.1) is 0 Å². The molecule has 0 fully saturated rings. The van der Waals surface area contributed by atoms with Crippen molar-refractivity contribution in [2.45, 2.75) is 0 Å². The second-order valence-corrected chi connectivity index (χ2v) is 9.79. The summed E-state index contributed by atoms with van der Waals surface area (Å²) in [5.41, 5.74) is 4.08. The van der Waals surface area contributed by atoms with E-state index in [2.05, 4.69) is 35.5 Å². The Hall–Kier alpha value is -6.24. The Morgan fingerprint density at radius 2 is 0.417 bits per heavy atom. The summed E-state index contributed by atoms with van der Waals surface area (Å²) in [6, 6.07) is 16.4. The first-order valence-electron chi connectivity index (χ1n) is 14.5. The Morgan fingerprint density at radius 1 is 0.250 bits per heavy atom. The van der Waals surface area contributed by atoms with Gasteiger partial charge in [-0.1, -0.05) is 35.5 Å². The van der Waals surface area contributed by atoms with Crippen molar-refractivity contribution in [1.82, 2.24) is 0 Å². The van der Waals surface area contributed by atoms with Gasteiger partial charge in [0.1, 0.15) is 0 Å². The summed E-state index contributed by atoms with van der Waals surface area (Å²) in [6.45, 7) is 0. The van der Waals surface area contributed by atoms with Gasteiger partial charge in [-0.05, 0) is 54.6 Å². The van der Waals surface area contributed by atoms with E-state index in [0.29, 0.717) is 85.1 Å². The van der Waals surface area contributed by atoms with Crippen molar-refractivity contribution in [2.75, 3.05) is 64.0 Å². The Labute approximate surface area is 281 Å². The van der Waals surface area contributed by atoms with Crippen molar-refractivity contribution in [3.05, 3.63) is 88.0 Å². The third-order valence-corrected chi connectivity index (χ3v) is 6.98. The second kappa shape index (κ2) is 16.4. The largest absolute Gasteiger partial charge is 0.493 e. The lowest BCUT2D eigenvalue weighted by atomic mass is 10.0. The smallest absolute Gasteiger partial charge is 0.203 e. The number of hydrogen-bond acceptors (Lipinski definition) is 9. The van der Waals surface area contributed by atoms with Gasteiger partial charge in [0.2, 0.25) is 17.2 Å². The van der Waals surface area contributed by atoms with Gasteiger partial charge in [0.05, 0.1) is 64.0 Å². The molecule has 0 saturated heterocycles. The van der Waals surface area contributed by atoms with E-state index in [4.69, 9.17) is 42.6 Å². The summed E-state index contributed by atoms with van der Waals surface area (Å²) in [6.07, 6.45) is 0. The van der Waals surface area contributed by atoms with E-state index in [9.17, 15) is 0 Å². The van der Waals surface area contributed by atoms with Gasteiger partial charge >= 0.3 is 0 Å². The van der Waals surface area contributed by atoms with Crippen LogP contribution in [0.25, 0.3) is 0 Å². The Kier molecular flexibility index (Phi) is 11.8. The fourth-order valence-electron chi connectivity index (χ4n) is 4.74. The van der Waals surface area contributed by atoms with Crippen LogP contribution in [0.15, 0.2) is 54.6 Å². The normalized spacial score (nSPS) is 9.69. The van der Waals surface area contributed by atoms with Crippen LogP contribution in [-0.4, -0.2) is 64.0 Å². The van der Waals surface area contributed by atoms with Gasteiger partial charge in [0.15, 0.2) is 34.5 Å². The molecule has 0 N–H and O–H groups in total. The first-order valence-corrected chi connectivity index (χ1v) is 14.5. The van der Waals surface area contributed by atoms with Gasteiger partial charge < -0.3 is 42.6 Å². The van der Waals surface area contributed by atoms with Crippen LogP contribution in [-0.2, 0) is 0 Å². The zero-order chi connectivity index (χ0) is 34.6. The fraction of sp³-hybridized carbons (Fsp3) is 0.231. The van der Waals surface area contributed by atoms with Crippen molar-refractivity contribution in [3.63, 3.8) is 0 Å². The van der Waals surface area contributed by atoms with E-state index < -0.39 is 0 Å². The monoisotopic (exact) mass is 648 g/mol. The molecule has 0 radical (unpaired) electrons. The number of benzene rings is 4. The van der Waals surface area contributed by atoms with Gasteiger partial charge in [-0.25, -0.2) is 0 Å². The molecule has 0 unspecified atom stereocenters. The molecule has 9 nitrogen and oxygen atoms in total. The highest BCUT2D eigenvalue weighted by atomic mass is 16.5. The molecule has 0 aliphatic carbocycles. The van der Waals surface area contributed by atoms with Crippen LogP contribution in [0, 0.1) is 35.5 Å². The Morgan fingerprint density at radius 3 is 0.562 bits per heavy atom. The molecule has 0 aliphatic heterocycles. The summed E-state index contributed by atoms with van der Waals surface area (Å²) in [5.74, 6) is 23.7. The standard InChI is InChI=1S/C39H36O9/c1-40-31-19-28(20-32(41-2)37(31)46-7)13-10-25-16-26(11-14-29-21-33(42-3)38(47-8)34(22-29)43-4)18-27(17-25)12-15-30-23-35(44-5)39(48-9)36(24-30)45-6/h16-24H,1-9H3. The average Bonchev–Trinajstić information content (AvgIpc) is 3.13. The van der Waals surface area contributed by atoms with E-state index in [1.807, 2.05) is 18.2 Å². The van der Waals surface area contributed by atoms with Crippen LogP contribution < -0.4 is 42.6 Å². The molecule has 0 amide bonds. The highest BCUT2D eigenvalue weighted by molar-refractivity contribution is 5.62. The van der Waals surface area contributed by atoms with Crippen molar-refractivity contribution in [2.24, 2.45) is 0 Å². The van der Waals surface area contributed by atoms with Crippen LogP contribution in [0.1, 0.15) is 33.4 Å². The molecule has 0 aliphatic rings. The van der Waals surface area contributed by atoms with E-state index in [1.165, 1.54) is 0 Å². The number of ether oxygens (including phenoxy) is 9. The molecule has 0 atom stereocenters. The third kappa shape index (κ3) is 7.94. The van der Waals surface area contributed by atoms with E-state index in [-0.39, 0.29) is 0 Å². The number of hydrogen-bond donors (Lipinski definition) is 0.